The van der Waals surface area contributed by atoms with Crippen molar-refractivity contribution in [3.05, 3.63) is 95.3 Å². The Labute approximate surface area is 198 Å². The molecule has 9 heteroatoms. The van der Waals surface area contributed by atoms with Crippen molar-refractivity contribution in [3.8, 4) is 0 Å². The Morgan fingerprint density at radius 2 is 1.74 bits per heavy atom. The van der Waals surface area contributed by atoms with E-state index in [9.17, 15) is 22.4 Å². The van der Waals surface area contributed by atoms with Crippen molar-refractivity contribution in [2.75, 3.05) is 18.4 Å². The van der Waals surface area contributed by atoms with Gasteiger partial charge in [0.05, 0.1) is 18.4 Å². The third kappa shape index (κ3) is 6.41. The summed E-state index contributed by atoms with van der Waals surface area (Å²) in [7, 11) is -2.79. The van der Waals surface area contributed by atoms with Gasteiger partial charge in [-0.05, 0) is 48.4 Å². The first kappa shape index (κ1) is 24.9. The lowest BCUT2D eigenvalue weighted by Crippen LogP contribution is -2.32. The first-order valence-corrected chi connectivity index (χ1v) is 12.0. The molecule has 0 fully saturated rings. The van der Waals surface area contributed by atoms with E-state index >= 15 is 0 Å². The minimum absolute atomic E-state index is 0.0143. The average molecular weight is 485 g/mol. The van der Waals surface area contributed by atoms with Gasteiger partial charge in [-0.1, -0.05) is 42.5 Å². The number of nitrogens with one attached hydrogen (secondary N) is 1. The molecule has 34 heavy (non-hydrogen) atoms. The lowest BCUT2D eigenvalue weighted by Gasteiger charge is -2.23. The smallest absolute Gasteiger partial charge is 0.307 e. The number of benzene rings is 3. The van der Waals surface area contributed by atoms with Crippen molar-refractivity contribution >= 4 is 27.6 Å². The number of ether oxygens (including phenoxy) is 1. The van der Waals surface area contributed by atoms with Gasteiger partial charge in [-0.2, -0.15) is 0 Å². The molecule has 0 bridgehead atoms. The summed E-state index contributed by atoms with van der Waals surface area (Å²) in [6, 6.07) is 18.9. The Morgan fingerprint density at radius 3 is 2.41 bits per heavy atom. The number of methoxy groups -OCH3 is 1. The van der Waals surface area contributed by atoms with Crippen LogP contribution in [0.3, 0.4) is 0 Å². The number of hydrogen-bond donors (Lipinski definition) is 1. The van der Waals surface area contributed by atoms with Gasteiger partial charge in [0.25, 0.3) is 15.9 Å². The normalized spacial score (nSPS) is 11.0. The van der Waals surface area contributed by atoms with E-state index in [-0.39, 0.29) is 41.6 Å². The summed E-state index contributed by atoms with van der Waals surface area (Å²) in [6.07, 6.45) is 0.0143. The van der Waals surface area contributed by atoms with Gasteiger partial charge in [0, 0.05) is 24.3 Å². The minimum atomic E-state index is -4.06. The molecular formula is C25H25FN2O5S. The molecule has 0 saturated carbocycles. The first-order chi connectivity index (χ1) is 16.2. The second-order valence-electron chi connectivity index (χ2n) is 7.64. The fourth-order valence-corrected chi connectivity index (χ4v) is 4.30. The molecule has 0 aliphatic carbocycles. The Hall–Kier alpha value is -3.72. The number of carbonyl (C=O) groups is 2. The standard InChI is InChI=1S/C25H25FN2O5S/c1-18-11-12-22(16-23(18)26)34(31,32)27-21-10-6-9-20(15-21)25(30)28(14-13-24(29)33-2)17-19-7-4-3-5-8-19/h3-12,15-16,27H,13-14,17H2,1-2H3. The first-order valence-electron chi connectivity index (χ1n) is 10.5. The number of hydrogen-bond acceptors (Lipinski definition) is 5. The second-order valence-corrected chi connectivity index (χ2v) is 9.32. The molecule has 1 N–H and O–H groups in total. The zero-order valence-corrected chi connectivity index (χ0v) is 19.6. The topological polar surface area (TPSA) is 92.8 Å². The Balaban J connectivity index is 1.83. The number of carbonyl (C=O) groups excluding carboxylic acids is 2. The zero-order valence-electron chi connectivity index (χ0n) is 18.8. The maximum absolute atomic E-state index is 13.9. The maximum Gasteiger partial charge on any atom is 0.307 e. The lowest BCUT2D eigenvalue weighted by atomic mass is 10.1. The molecule has 1 amide bonds. The van der Waals surface area contributed by atoms with Gasteiger partial charge in [-0.25, -0.2) is 12.8 Å². The van der Waals surface area contributed by atoms with E-state index < -0.39 is 21.8 Å². The quantitative estimate of drug-likeness (QED) is 0.461. The predicted octanol–water partition coefficient (Wildman–Crippen LogP) is 4.14. The average Bonchev–Trinajstić information content (AvgIpc) is 2.83. The highest BCUT2D eigenvalue weighted by molar-refractivity contribution is 7.92. The van der Waals surface area contributed by atoms with Gasteiger partial charge >= 0.3 is 5.97 Å². The van der Waals surface area contributed by atoms with Crippen LogP contribution in [0.25, 0.3) is 0 Å². The minimum Gasteiger partial charge on any atom is -0.469 e. The molecule has 0 atom stereocenters. The number of sulfonamides is 1. The van der Waals surface area contributed by atoms with Crippen LogP contribution in [-0.4, -0.2) is 38.8 Å². The molecule has 0 aliphatic rings. The molecule has 3 aromatic carbocycles. The number of rotatable bonds is 9. The van der Waals surface area contributed by atoms with E-state index in [2.05, 4.69) is 9.46 Å². The van der Waals surface area contributed by atoms with E-state index in [4.69, 9.17) is 0 Å². The van der Waals surface area contributed by atoms with E-state index in [0.717, 1.165) is 11.6 Å². The van der Waals surface area contributed by atoms with Gasteiger partial charge in [-0.15, -0.1) is 0 Å². The number of anilines is 1. The van der Waals surface area contributed by atoms with E-state index in [1.54, 1.807) is 12.1 Å². The third-order valence-electron chi connectivity index (χ3n) is 5.13. The van der Waals surface area contributed by atoms with Crippen LogP contribution in [0.15, 0.2) is 77.7 Å². The summed E-state index contributed by atoms with van der Waals surface area (Å²) in [5, 5.41) is 0. The number of nitrogens with zero attached hydrogens (tertiary/aromatic N) is 1. The molecule has 178 valence electrons. The molecule has 3 rings (SSSR count). The fraction of sp³-hybridized carbons (Fsp3) is 0.200. The summed E-state index contributed by atoms with van der Waals surface area (Å²) in [4.78, 5) is 26.2. The van der Waals surface area contributed by atoms with Crippen molar-refractivity contribution in [1.82, 2.24) is 4.90 Å². The number of esters is 1. The Bertz CT molecular complexity index is 1280. The molecule has 7 nitrogen and oxygen atoms in total. The van der Waals surface area contributed by atoms with E-state index in [0.29, 0.717) is 5.56 Å². The highest BCUT2D eigenvalue weighted by Crippen LogP contribution is 2.21. The summed E-state index contributed by atoms with van der Waals surface area (Å²) in [5.74, 6) is -1.46. The molecule has 3 aromatic rings. The highest BCUT2D eigenvalue weighted by atomic mass is 32.2. The molecule has 0 unspecified atom stereocenters. The van der Waals surface area contributed by atoms with Crippen LogP contribution in [0.1, 0.15) is 27.9 Å². The van der Waals surface area contributed by atoms with Crippen LogP contribution in [0, 0.1) is 12.7 Å². The van der Waals surface area contributed by atoms with Gasteiger partial charge in [0.1, 0.15) is 5.82 Å². The van der Waals surface area contributed by atoms with Gasteiger partial charge < -0.3 is 9.64 Å². The summed E-state index contributed by atoms with van der Waals surface area (Å²) in [5.41, 5.74) is 1.59. The summed E-state index contributed by atoms with van der Waals surface area (Å²) in [6.45, 7) is 1.92. The van der Waals surface area contributed by atoms with Crippen molar-refractivity contribution in [2.45, 2.75) is 24.8 Å². The molecule has 0 radical (unpaired) electrons. The van der Waals surface area contributed by atoms with Crippen LogP contribution >= 0.6 is 0 Å². The predicted molar refractivity (Wildman–Crippen MR) is 126 cm³/mol. The maximum atomic E-state index is 13.9. The van der Waals surface area contributed by atoms with E-state index in [1.807, 2.05) is 30.3 Å². The molecule has 0 aromatic heterocycles. The van der Waals surface area contributed by atoms with Gasteiger partial charge in [0.2, 0.25) is 0 Å². The largest absolute Gasteiger partial charge is 0.469 e. The summed E-state index contributed by atoms with van der Waals surface area (Å²) >= 11 is 0. The van der Waals surface area contributed by atoms with Crippen LogP contribution in [0.2, 0.25) is 0 Å². The fourth-order valence-electron chi connectivity index (χ4n) is 3.24. The molecule has 0 aliphatic heterocycles. The van der Waals surface area contributed by atoms with Crippen molar-refractivity contribution in [3.63, 3.8) is 0 Å². The Kier molecular flexibility index (Phi) is 8.01. The molecule has 0 saturated heterocycles. The van der Waals surface area contributed by atoms with Crippen LogP contribution in [-0.2, 0) is 26.1 Å². The van der Waals surface area contributed by atoms with E-state index in [1.165, 1.54) is 43.2 Å². The van der Waals surface area contributed by atoms with Gasteiger partial charge in [0.15, 0.2) is 0 Å². The lowest BCUT2D eigenvalue weighted by molar-refractivity contribution is -0.140. The SMILES string of the molecule is COC(=O)CCN(Cc1ccccc1)C(=O)c1cccc(NS(=O)(=O)c2ccc(C)c(F)c2)c1. The van der Waals surface area contributed by atoms with Crippen LogP contribution in [0.4, 0.5) is 10.1 Å². The third-order valence-corrected chi connectivity index (χ3v) is 6.51. The highest BCUT2D eigenvalue weighted by Gasteiger charge is 2.20. The number of aryl methyl sites for hydroxylation is 1. The van der Waals surface area contributed by atoms with Crippen molar-refractivity contribution < 1.29 is 27.1 Å². The summed E-state index contributed by atoms with van der Waals surface area (Å²) < 4.78 is 46.4. The molecule has 0 heterocycles. The van der Waals surface area contributed by atoms with Crippen LogP contribution < -0.4 is 4.72 Å². The van der Waals surface area contributed by atoms with Gasteiger partial charge in [-0.3, -0.25) is 14.3 Å². The molecular weight excluding hydrogens is 459 g/mol. The Morgan fingerprint density at radius 1 is 1.00 bits per heavy atom. The number of halogens is 1. The molecule has 0 spiro atoms. The van der Waals surface area contributed by atoms with Crippen molar-refractivity contribution in [1.29, 1.82) is 0 Å². The monoisotopic (exact) mass is 484 g/mol. The van der Waals surface area contributed by atoms with Crippen molar-refractivity contribution in [2.24, 2.45) is 0 Å². The zero-order chi connectivity index (χ0) is 24.7. The number of amides is 1. The second kappa shape index (κ2) is 10.9. The van der Waals surface area contributed by atoms with Crippen LogP contribution in [0.5, 0.6) is 0 Å².